The summed E-state index contributed by atoms with van der Waals surface area (Å²) >= 11 is 0. The number of nitrogens with one attached hydrogen (secondary N) is 2. The Labute approximate surface area is 106 Å². The monoisotopic (exact) mass is 240 g/mol. The summed E-state index contributed by atoms with van der Waals surface area (Å²) in [5.74, 6) is 0.727. The Kier molecular flexibility index (Phi) is 4.83. The first-order valence-corrected chi connectivity index (χ1v) is 7.29. The summed E-state index contributed by atoms with van der Waals surface area (Å²) in [7, 11) is 0. The van der Waals surface area contributed by atoms with Gasteiger partial charge in [-0.2, -0.15) is 0 Å². The molecule has 0 aromatic rings. The van der Waals surface area contributed by atoms with Crippen LogP contribution in [0.15, 0.2) is 0 Å². The van der Waals surface area contributed by atoms with Crippen molar-refractivity contribution < 1.29 is 4.74 Å². The van der Waals surface area contributed by atoms with Crippen molar-refractivity contribution in [2.45, 2.75) is 45.6 Å². The molecular weight excluding hydrogens is 212 g/mol. The molecule has 0 radical (unpaired) electrons. The highest BCUT2D eigenvalue weighted by atomic mass is 16.5. The summed E-state index contributed by atoms with van der Waals surface area (Å²) in [5, 5.41) is 7.18. The first kappa shape index (κ1) is 13.3. The summed E-state index contributed by atoms with van der Waals surface area (Å²) in [6.07, 6.45) is 5.64. The van der Waals surface area contributed by atoms with Crippen molar-refractivity contribution in [3.8, 4) is 0 Å². The molecule has 0 aromatic heterocycles. The van der Waals surface area contributed by atoms with Crippen molar-refractivity contribution in [2.24, 2.45) is 11.3 Å². The van der Waals surface area contributed by atoms with Crippen molar-refractivity contribution in [2.75, 3.05) is 32.8 Å². The molecule has 3 heteroatoms. The van der Waals surface area contributed by atoms with E-state index in [0.717, 1.165) is 19.1 Å². The minimum Gasteiger partial charge on any atom is -0.378 e. The van der Waals surface area contributed by atoms with Gasteiger partial charge in [0.2, 0.25) is 0 Å². The zero-order valence-corrected chi connectivity index (χ0v) is 11.4. The fourth-order valence-corrected chi connectivity index (χ4v) is 3.18. The molecule has 2 unspecified atom stereocenters. The maximum atomic E-state index is 5.61. The summed E-state index contributed by atoms with van der Waals surface area (Å²) in [4.78, 5) is 0. The first-order valence-electron chi connectivity index (χ1n) is 7.29. The Balaban J connectivity index is 1.72. The minimum atomic E-state index is 0.452. The summed E-state index contributed by atoms with van der Waals surface area (Å²) < 4.78 is 5.61. The summed E-state index contributed by atoms with van der Waals surface area (Å²) in [6, 6.07) is 0. The summed E-state index contributed by atoms with van der Waals surface area (Å²) in [6.45, 7) is 10.2. The van der Waals surface area contributed by atoms with Gasteiger partial charge in [0.15, 0.2) is 0 Å². The van der Waals surface area contributed by atoms with Crippen molar-refractivity contribution in [3.63, 3.8) is 0 Å². The average Bonchev–Trinajstić information content (AvgIpc) is 2.76. The van der Waals surface area contributed by atoms with Gasteiger partial charge in [-0.25, -0.2) is 0 Å². The predicted octanol–water partition coefficient (Wildman–Crippen LogP) is 1.78. The van der Waals surface area contributed by atoms with Gasteiger partial charge >= 0.3 is 0 Å². The fourth-order valence-electron chi connectivity index (χ4n) is 3.18. The van der Waals surface area contributed by atoms with E-state index in [9.17, 15) is 0 Å². The van der Waals surface area contributed by atoms with Crippen LogP contribution in [0, 0.1) is 11.3 Å². The van der Waals surface area contributed by atoms with Crippen LogP contribution < -0.4 is 10.6 Å². The zero-order valence-electron chi connectivity index (χ0n) is 11.4. The Morgan fingerprint density at radius 1 is 1.35 bits per heavy atom. The fraction of sp³-hybridized carbons (Fsp3) is 1.00. The molecule has 0 aliphatic carbocycles. The average molecular weight is 240 g/mol. The molecule has 2 atom stereocenters. The lowest BCUT2D eigenvalue weighted by Gasteiger charge is -2.37. The van der Waals surface area contributed by atoms with Gasteiger partial charge in [-0.1, -0.05) is 6.92 Å². The Morgan fingerprint density at radius 3 is 2.71 bits per heavy atom. The highest BCUT2D eigenvalue weighted by molar-refractivity contribution is 4.86. The lowest BCUT2D eigenvalue weighted by atomic mass is 9.76. The maximum absolute atomic E-state index is 5.61. The van der Waals surface area contributed by atoms with E-state index in [1.165, 1.54) is 45.3 Å². The number of ether oxygens (including phenoxy) is 1. The molecule has 2 saturated heterocycles. The van der Waals surface area contributed by atoms with E-state index in [2.05, 4.69) is 24.5 Å². The molecule has 17 heavy (non-hydrogen) atoms. The van der Waals surface area contributed by atoms with E-state index in [1.54, 1.807) is 0 Å². The van der Waals surface area contributed by atoms with E-state index in [4.69, 9.17) is 4.74 Å². The second kappa shape index (κ2) is 6.17. The standard InChI is InChI=1S/C14H28N2O/c1-3-14(5-7-15-8-6-14)11-16-10-13-4-9-17-12(13)2/h12-13,15-16H,3-11H2,1-2H3. The molecular formula is C14H28N2O. The molecule has 0 amide bonds. The van der Waals surface area contributed by atoms with Crippen LogP contribution in [0.1, 0.15) is 39.5 Å². The summed E-state index contributed by atoms with van der Waals surface area (Å²) in [5.41, 5.74) is 0.550. The molecule has 2 N–H and O–H groups in total. The number of hydrogen-bond donors (Lipinski definition) is 2. The van der Waals surface area contributed by atoms with Gasteiger partial charge < -0.3 is 15.4 Å². The van der Waals surface area contributed by atoms with Crippen LogP contribution >= 0.6 is 0 Å². The Hall–Kier alpha value is -0.120. The molecule has 0 saturated carbocycles. The van der Waals surface area contributed by atoms with Gasteiger partial charge in [0.1, 0.15) is 0 Å². The van der Waals surface area contributed by atoms with Crippen LogP contribution in [0.25, 0.3) is 0 Å². The van der Waals surface area contributed by atoms with Crippen LogP contribution in [0.3, 0.4) is 0 Å². The van der Waals surface area contributed by atoms with Crippen LogP contribution in [0.5, 0.6) is 0 Å². The van der Waals surface area contributed by atoms with Crippen molar-refractivity contribution in [3.05, 3.63) is 0 Å². The van der Waals surface area contributed by atoms with Crippen molar-refractivity contribution >= 4 is 0 Å². The molecule has 0 spiro atoms. The molecule has 0 aromatic carbocycles. The molecule has 3 nitrogen and oxygen atoms in total. The van der Waals surface area contributed by atoms with Gasteiger partial charge in [0.25, 0.3) is 0 Å². The van der Waals surface area contributed by atoms with Gasteiger partial charge in [0, 0.05) is 19.7 Å². The molecule has 100 valence electrons. The van der Waals surface area contributed by atoms with E-state index in [1.807, 2.05) is 0 Å². The SMILES string of the molecule is CCC1(CNCC2CCOC2C)CCNCC1. The maximum Gasteiger partial charge on any atom is 0.0588 e. The topological polar surface area (TPSA) is 33.3 Å². The van der Waals surface area contributed by atoms with Gasteiger partial charge in [-0.3, -0.25) is 0 Å². The first-order chi connectivity index (χ1) is 8.26. The lowest BCUT2D eigenvalue weighted by molar-refractivity contribution is 0.103. The molecule has 2 aliphatic heterocycles. The molecule has 2 rings (SSSR count). The molecule has 2 fully saturated rings. The van der Waals surface area contributed by atoms with Crippen molar-refractivity contribution in [1.29, 1.82) is 0 Å². The normalized spacial score (nSPS) is 32.8. The van der Waals surface area contributed by atoms with Crippen molar-refractivity contribution in [1.82, 2.24) is 10.6 Å². The Bertz CT molecular complexity index is 226. The van der Waals surface area contributed by atoms with E-state index < -0.39 is 0 Å². The van der Waals surface area contributed by atoms with Crippen LogP contribution in [0.4, 0.5) is 0 Å². The molecule has 2 aliphatic rings. The van der Waals surface area contributed by atoms with Crippen LogP contribution in [-0.4, -0.2) is 38.9 Å². The highest BCUT2D eigenvalue weighted by Gasteiger charge is 2.30. The zero-order chi connectivity index (χ0) is 12.1. The van der Waals surface area contributed by atoms with Crippen LogP contribution in [0.2, 0.25) is 0 Å². The van der Waals surface area contributed by atoms with E-state index in [-0.39, 0.29) is 0 Å². The number of hydrogen-bond acceptors (Lipinski definition) is 3. The second-order valence-electron chi connectivity index (χ2n) is 5.86. The third-order valence-electron chi connectivity index (χ3n) is 4.85. The Morgan fingerprint density at radius 2 is 2.12 bits per heavy atom. The minimum absolute atomic E-state index is 0.452. The van der Waals surface area contributed by atoms with E-state index >= 15 is 0 Å². The largest absolute Gasteiger partial charge is 0.378 e. The van der Waals surface area contributed by atoms with Gasteiger partial charge in [0.05, 0.1) is 6.10 Å². The van der Waals surface area contributed by atoms with Crippen LogP contribution in [-0.2, 0) is 4.74 Å². The third kappa shape index (κ3) is 3.43. The molecule has 0 bridgehead atoms. The predicted molar refractivity (Wildman–Crippen MR) is 71.2 cm³/mol. The number of piperidine rings is 1. The smallest absolute Gasteiger partial charge is 0.0588 e. The quantitative estimate of drug-likeness (QED) is 0.768. The lowest BCUT2D eigenvalue weighted by Crippen LogP contribution is -2.44. The molecule has 2 heterocycles. The van der Waals surface area contributed by atoms with E-state index in [0.29, 0.717) is 11.5 Å². The van der Waals surface area contributed by atoms with Gasteiger partial charge in [-0.05, 0) is 57.0 Å². The highest BCUT2D eigenvalue weighted by Crippen LogP contribution is 2.31. The second-order valence-corrected chi connectivity index (χ2v) is 5.86. The number of rotatable bonds is 5. The van der Waals surface area contributed by atoms with Gasteiger partial charge in [-0.15, -0.1) is 0 Å². The third-order valence-corrected chi connectivity index (χ3v) is 4.85.